The lowest BCUT2D eigenvalue weighted by Gasteiger charge is -2.21. The van der Waals surface area contributed by atoms with Crippen molar-refractivity contribution in [1.29, 1.82) is 0 Å². The van der Waals surface area contributed by atoms with Crippen LogP contribution >= 0.6 is 0 Å². The summed E-state index contributed by atoms with van der Waals surface area (Å²) in [5.41, 5.74) is 5.11. The molecule has 1 heterocycles. The van der Waals surface area contributed by atoms with E-state index in [1.165, 1.54) is 38.8 Å². The molecule has 0 radical (unpaired) electrons. The van der Waals surface area contributed by atoms with Crippen LogP contribution in [0.4, 0.5) is 0 Å². The molecule has 0 spiro atoms. The third kappa shape index (κ3) is 11.6. The molecular formula is C13H28N2O2. The second-order valence-electron chi connectivity index (χ2n) is 5.45. The summed E-state index contributed by atoms with van der Waals surface area (Å²) >= 11 is 0. The van der Waals surface area contributed by atoms with Crippen LogP contribution in [-0.2, 0) is 9.53 Å². The van der Waals surface area contributed by atoms with Gasteiger partial charge < -0.3 is 15.8 Å². The molecule has 17 heavy (non-hydrogen) atoms. The molecule has 1 aliphatic rings. The van der Waals surface area contributed by atoms with Crippen molar-refractivity contribution in [3.05, 3.63) is 0 Å². The monoisotopic (exact) mass is 244 g/mol. The van der Waals surface area contributed by atoms with Gasteiger partial charge in [0.2, 0.25) is 0 Å². The van der Waals surface area contributed by atoms with Crippen LogP contribution in [0.3, 0.4) is 0 Å². The van der Waals surface area contributed by atoms with E-state index in [0.717, 1.165) is 12.5 Å². The van der Waals surface area contributed by atoms with Gasteiger partial charge in [0.1, 0.15) is 5.60 Å². The molecule has 0 aliphatic carbocycles. The Morgan fingerprint density at radius 3 is 2.29 bits per heavy atom. The van der Waals surface area contributed by atoms with Crippen LogP contribution in [0.15, 0.2) is 0 Å². The maximum Gasteiger partial charge on any atom is 0.293 e. The molecule has 1 rings (SSSR count). The van der Waals surface area contributed by atoms with Gasteiger partial charge >= 0.3 is 0 Å². The molecule has 0 atom stereocenters. The Morgan fingerprint density at radius 1 is 1.35 bits per heavy atom. The highest BCUT2D eigenvalue weighted by Gasteiger charge is 2.11. The lowest BCUT2D eigenvalue weighted by atomic mass is 9.93. The van der Waals surface area contributed by atoms with Gasteiger partial charge in [-0.15, -0.1) is 0 Å². The Bertz CT molecular complexity index is 184. The third-order valence-electron chi connectivity index (χ3n) is 2.68. The quantitative estimate of drug-likeness (QED) is 0.739. The topological polar surface area (TPSA) is 64.3 Å². The van der Waals surface area contributed by atoms with E-state index in [1.54, 1.807) is 0 Å². The summed E-state index contributed by atoms with van der Waals surface area (Å²) in [5.74, 6) is 0.963. The van der Waals surface area contributed by atoms with Crippen LogP contribution in [0.5, 0.6) is 0 Å². The molecule has 0 aromatic heterocycles. The highest BCUT2D eigenvalue weighted by Crippen LogP contribution is 2.16. The van der Waals surface area contributed by atoms with E-state index in [2.05, 4.69) is 10.1 Å². The van der Waals surface area contributed by atoms with E-state index in [-0.39, 0.29) is 5.60 Å². The SMILES string of the molecule is CC(C)(C)OC=O.NCCCC1CCNCC1. The molecule has 0 aromatic carbocycles. The molecule has 4 heteroatoms. The first-order chi connectivity index (χ1) is 7.99. The molecule has 0 unspecified atom stereocenters. The molecule has 102 valence electrons. The molecule has 0 amide bonds. The van der Waals surface area contributed by atoms with Crippen LogP contribution in [0.25, 0.3) is 0 Å². The zero-order valence-electron chi connectivity index (χ0n) is 11.5. The number of nitrogens with two attached hydrogens (primary N) is 1. The maximum atomic E-state index is 9.60. The number of carbonyl (C=O) groups excluding carboxylic acids is 1. The van der Waals surface area contributed by atoms with Crippen LogP contribution in [0.2, 0.25) is 0 Å². The number of rotatable bonds is 4. The lowest BCUT2D eigenvalue weighted by Crippen LogP contribution is -2.27. The maximum absolute atomic E-state index is 9.60. The van der Waals surface area contributed by atoms with Gasteiger partial charge in [0.05, 0.1) is 0 Å². The molecule has 0 saturated carbocycles. The van der Waals surface area contributed by atoms with Gasteiger partial charge in [-0.1, -0.05) is 0 Å². The van der Waals surface area contributed by atoms with Crippen molar-refractivity contribution >= 4 is 6.47 Å². The van der Waals surface area contributed by atoms with Gasteiger partial charge in [-0.3, -0.25) is 4.79 Å². The van der Waals surface area contributed by atoms with E-state index in [4.69, 9.17) is 5.73 Å². The summed E-state index contributed by atoms with van der Waals surface area (Å²) in [6.07, 6.45) is 5.28. The first-order valence-electron chi connectivity index (χ1n) is 6.52. The summed E-state index contributed by atoms with van der Waals surface area (Å²) in [6, 6.07) is 0. The summed E-state index contributed by atoms with van der Waals surface area (Å²) in [5, 5.41) is 3.36. The van der Waals surface area contributed by atoms with Crippen molar-refractivity contribution in [2.45, 2.75) is 52.1 Å². The predicted molar refractivity (Wildman–Crippen MR) is 70.8 cm³/mol. The van der Waals surface area contributed by atoms with Gasteiger partial charge in [0, 0.05) is 0 Å². The van der Waals surface area contributed by atoms with Crippen molar-refractivity contribution in [3.63, 3.8) is 0 Å². The lowest BCUT2D eigenvalue weighted by molar-refractivity contribution is -0.138. The van der Waals surface area contributed by atoms with Crippen molar-refractivity contribution < 1.29 is 9.53 Å². The van der Waals surface area contributed by atoms with Gasteiger partial charge in [0.15, 0.2) is 0 Å². The van der Waals surface area contributed by atoms with E-state index >= 15 is 0 Å². The molecular weight excluding hydrogens is 216 g/mol. The standard InChI is InChI=1S/C8H18N2.C5H10O2/c9-5-1-2-8-3-6-10-7-4-8;1-5(2,3)7-4-6/h8,10H,1-7,9H2;4H,1-3H3. The first kappa shape index (κ1) is 16.4. The van der Waals surface area contributed by atoms with Crippen LogP contribution in [0.1, 0.15) is 46.5 Å². The Kier molecular flexibility index (Phi) is 9.09. The number of carbonyl (C=O) groups is 1. The Hall–Kier alpha value is -0.610. The van der Waals surface area contributed by atoms with E-state index in [0.29, 0.717) is 6.47 Å². The Labute approximate surface area is 105 Å². The molecule has 1 saturated heterocycles. The zero-order chi connectivity index (χ0) is 13.1. The molecule has 1 aliphatic heterocycles. The second-order valence-corrected chi connectivity index (χ2v) is 5.45. The number of hydrogen-bond acceptors (Lipinski definition) is 4. The largest absolute Gasteiger partial charge is 0.462 e. The van der Waals surface area contributed by atoms with Crippen LogP contribution in [0, 0.1) is 5.92 Å². The number of nitrogens with one attached hydrogen (secondary N) is 1. The van der Waals surface area contributed by atoms with Crippen LogP contribution < -0.4 is 11.1 Å². The number of piperidine rings is 1. The number of hydrogen-bond donors (Lipinski definition) is 2. The van der Waals surface area contributed by atoms with E-state index in [9.17, 15) is 4.79 Å². The van der Waals surface area contributed by atoms with Crippen molar-refractivity contribution in [2.75, 3.05) is 19.6 Å². The summed E-state index contributed by atoms with van der Waals surface area (Å²) in [7, 11) is 0. The van der Waals surface area contributed by atoms with Gasteiger partial charge in [-0.25, -0.2) is 0 Å². The smallest absolute Gasteiger partial charge is 0.293 e. The fraction of sp³-hybridized carbons (Fsp3) is 0.923. The van der Waals surface area contributed by atoms with Crippen LogP contribution in [-0.4, -0.2) is 31.7 Å². The normalized spacial score (nSPS) is 16.9. The third-order valence-corrected chi connectivity index (χ3v) is 2.68. The predicted octanol–water partition coefficient (Wildman–Crippen LogP) is 1.68. The summed E-state index contributed by atoms with van der Waals surface area (Å²) in [6.45, 7) is 9.22. The molecule has 0 aromatic rings. The molecule has 1 fully saturated rings. The Balaban J connectivity index is 0.000000325. The zero-order valence-corrected chi connectivity index (χ0v) is 11.5. The summed E-state index contributed by atoms with van der Waals surface area (Å²) in [4.78, 5) is 9.60. The minimum Gasteiger partial charge on any atom is -0.462 e. The van der Waals surface area contributed by atoms with Crippen molar-refractivity contribution in [3.8, 4) is 0 Å². The first-order valence-corrected chi connectivity index (χ1v) is 6.52. The minimum absolute atomic E-state index is 0.318. The number of ether oxygens (including phenoxy) is 1. The molecule has 4 nitrogen and oxygen atoms in total. The summed E-state index contributed by atoms with van der Waals surface area (Å²) < 4.78 is 4.55. The average molecular weight is 244 g/mol. The average Bonchev–Trinajstić information content (AvgIpc) is 2.27. The van der Waals surface area contributed by atoms with Gasteiger partial charge in [-0.2, -0.15) is 0 Å². The highest BCUT2D eigenvalue weighted by atomic mass is 16.5. The van der Waals surface area contributed by atoms with Gasteiger partial charge in [0.25, 0.3) is 6.47 Å². The van der Waals surface area contributed by atoms with E-state index in [1.807, 2.05) is 20.8 Å². The second kappa shape index (κ2) is 9.42. The van der Waals surface area contributed by atoms with Gasteiger partial charge in [-0.05, 0) is 72.0 Å². The highest BCUT2D eigenvalue weighted by molar-refractivity contribution is 5.37. The fourth-order valence-corrected chi connectivity index (χ4v) is 1.72. The van der Waals surface area contributed by atoms with E-state index < -0.39 is 0 Å². The minimum atomic E-state index is -0.318. The van der Waals surface area contributed by atoms with Crippen molar-refractivity contribution in [1.82, 2.24) is 5.32 Å². The molecule has 3 N–H and O–H groups in total. The van der Waals surface area contributed by atoms with Crippen molar-refractivity contribution in [2.24, 2.45) is 11.7 Å². The Morgan fingerprint density at radius 2 is 1.94 bits per heavy atom. The molecule has 0 bridgehead atoms. The fourth-order valence-electron chi connectivity index (χ4n) is 1.72.